The van der Waals surface area contributed by atoms with Crippen LogP contribution in [0.5, 0.6) is 0 Å². The Morgan fingerprint density at radius 1 is 1.50 bits per heavy atom. The zero-order chi connectivity index (χ0) is 7.40. The van der Waals surface area contributed by atoms with Gasteiger partial charge in [0.05, 0.1) is 13.2 Å². The summed E-state index contributed by atoms with van der Waals surface area (Å²) < 4.78 is 5.21. The first kappa shape index (κ1) is 7.61. The topological polar surface area (TPSA) is 12.5 Å². The SMILES string of the molecule is C=C(CC)N1CCOCC1. The van der Waals surface area contributed by atoms with Gasteiger partial charge in [-0.15, -0.1) is 0 Å². The van der Waals surface area contributed by atoms with E-state index in [0.717, 1.165) is 32.7 Å². The fourth-order valence-electron chi connectivity index (χ4n) is 1.10. The van der Waals surface area contributed by atoms with Gasteiger partial charge < -0.3 is 9.64 Å². The van der Waals surface area contributed by atoms with Crippen LogP contribution in [0.1, 0.15) is 13.3 Å². The van der Waals surface area contributed by atoms with Gasteiger partial charge in [-0.3, -0.25) is 0 Å². The van der Waals surface area contributed by atoms with Crippen molar-refractivity contribution in [3.8, 4) is 0 Å². The lowest BCUT2D eigenvalue weighted by Gasteiger charge is -2.29. The highest BCUT2D eigenvalue weighted by atomic mass is 16.5. The molecule has 0 aromatic rings. The molecule has 0 atom stereocenters. The quantitative estimate of drug-likeness (QED) is 0.573. The van der Waals surface area contributed by atoms with Crippen LogP contribution >= 0.6 is 0 Å². The Morgan fingerprint density at radius 3 is 2.60 bits per heavy atom. The Bertz CT molecular complexity index is 116. The van der Waals surface area contributed by atoms with Crippen molar-refractivity contribution in [1.82, 2.24) is 4.90 Å². The fraction of sp³-hybridized carbons (Fsp3) is 0.750. The molecule has 2 nitrogen and oxygen atoms in total. The second kappa shape index (κ2) is 3.62. The Hall–Kier alpha value is -0.500. The van der Waals surface area contributed by atoms with Crippen LogP contribution in [0.15, 0.2) is 12.3 Å². The van der Waals surface area contributed by atoms with Crippen LogP contribution in [-0.2, 0) is 4.74 Å². The van der Waals surface area contributed by atoms with Gasteiger partial charge in [0.25, 0.3) is 0 Å². The van der Waals surface area contributed by atoms with Crippen LogP contribution in [0.3, 0.4) is 0 Å². The molecule has 0 spiro atoms. The van der Waals surface area contributed by atoms with E-state index in [2.05, 4.69) is 18.4 Å². The van der Waals surface area contributed by atoms with Crippen molar-refractivity contribution >= 4 is 0 Å². The lowest BCUT2D eigenvalue weighted by molar-refractivity contribution is 0.0526. The van der Waals surface area contributed by atoms with Gasteiger partial charge >= 0.3 is 0 Å². The summed E-state index contributed by atoms with van der Waals surface area (Å²) in [7, 11) is 0. The number of rotatable bonds is 2. The van der Waals surface area contributed by atoms with Gasteiger partial charge in [0.15, 0.2) is 0 Å². The molecule has 10 heavy (non-hydrogen) atoms. The summed E-state index contributed by atoms with van der Waals surface area (Å²) in [5.74, 6) is 0. The third-order valence-corrected chi connectivity index (χ3v) is 1.87. The molecular weight excluding hydrogens is 126 g/mol. The number of morpholine rings is 1. The van der Waals surface area contributed by atoms with E-state index in [0.29, 0.717) is 0 Å². The molecule has 0 bridgehead atoms. The summed E-state index contributed by atoms with van der Waals surface area (Å²) >= 11 is 0. The molecule has 2 heteroatoms. The smallest absolute Gasteiger partial charge is 0.0642 e. The molecule has 0 aromatic carbocycles. The van der Waals surface area contributed by atoms with E-state index in [-0.39, 0.29) is 0 Å². The number of ether oxygens (including phenoxy) is 1. The maximum absolute atomic E-state index is 5.21. The number of nitrogens with zero attached hydrogens (tertiary/aromatic N) is 1. The molecule has 1 fully saturated rings. The molecule has 0 saturated carbocycles. The monoisotopic (exact) mass is 141 g/mol. The lowest BCUT2D eigenvalue weighted by Crippen LogP contribution is -2.35. The Kier molecular flexibility index (Phi) is 2.75. The van der Waals surface area contributed by atoms with Crippen molar-refractivity contribution < 1.29 is 4.74 Å². The molecule has 1 heterocycles. The second-order valence-corrected chi connectivity index (χ2v) is 2.52. The van der Waals surface area contributed by atoms with E-state index in [4.69, 9.17) is 4.74 Å². The molecule has 0 unspecified atom stereocenters. The van der Waals surface area contributed by atoms with Gasteiger partial charge in [-0.2, -0.15) is 0 Å². The molecule has 1 rings (SSSR count). The van der Waals surface area contributed by atoms with E-state index in [1.54, 1.807) is 0 Å². The van der Waals surface area contributed by atoms with Gasteiger partial charge in [0, 0.05) is 18.8 Å². The molecule has 0 aliphatic carbocycles. The van der Waals surface area contributed by atoms with Crippen LogP contribution in [0.4, 0.5) is 0 Å². The minimum atomic E-state index is 0.860. The highest BCUT2D eigenvalue weighted by Gasteiger charge is 2.09. The molecule has 1 aliphatic heterocycles. The first-order valence-corrected chi connectivity index (χ1v) is 3.85. The Balaban J connectivity index is 2.31. The van der Waals surface area contributed by atoms with Gasteiger partial charge in [-0.05, 0) is 6.42 Å². The predicted molar refractivity (Wildman–Crippen MR) is 41.8 cm³/mol. The largest absolute Gasteiger partial charge is 0.378 e. The first-order valence-electron chi connectivity index (χ1n) is 3.85. The number of allylic oxidation sites excluding steroid dienone is 1. The normalized spacial score (nSPS) is 19.1. The van der Waals surface area contributed by atoms with E-state index >= 15 is 0 Å². The van der Waals surface area contributed by atoms with E-state index in [1.807, 2.05) is 0 Å². The van der Waals surface area contributed by atoms with Crippen LogP contribution in [0.25, 0.3) is 0 Å². The van der Waals surface area contributed by atoms with Crippen molar-refractivity contribution in [3.63, 3.8) is 0 Å². The Labute approximate surface area is 62.5 Å². The van der Waals surface area contributed by atoms with E-state index in [9.17, 15) is 0 Å². The van der Waals surface area contributed by atoms with Crippen LogP contribution < -0.4 is 0 Å². The lowest BCUT2D eigenvalue weighted by atomic mass is 10.3. The zero-order valence-electron chi connectivity index (χ0n) is 6.60. The third kappa shape index (κ3) is 1.74. The minimum Gasteiger partial charge on any atom is -0.378 e. The molecular formula is C8H15NO. The molecule has 0 radical (unpaired) electrons. The average molecular weight is 141 g/mol. The molecule has 0 amide bonds. The number of hydrogen-bond donors (Lipinski definition) is 0. The summed E-state index contributed by atoms with van der Waals surface area (Å²) in [5.41, 5.74) is 1.24. The minimum absolute atomic E-state index is 0.860. The van der Waals surface area contributed by atoms with E-state index in [1.165, 1.54) is 5.70 Å². The van der Waals surface area contributed by atoms with E-state index < -0.39 is 0 Å². The highest BCUT2D eigenvalue weighted by Crippen LogP contribution is 2.07. The standard InChI is InChI=1S/C8H15NO/c1-3-8(2)9-4-6-10-7-5-9/h2-7H2,1H3. The predicted octanol–water partition coefficient (Wildman–Crippen LogP) is 1.24. The molecule has 0 N–H and O–H groups in total. The van der Waals surface area contributed by atoms with Crippen molar-refractivity contribution in [2.24, 2.45) is 0 Å². The van der Waals surface area contributed by atoms with Crippen molar-refractivity contribution in [3.05, 3.63) is 12.3 Å². The second-order valence-electron chi connectivity index (χ2n) is 2.52. The first-order chi connectivity index (χ1) is 4.84. The summed E-state index contributed by atoms with van der Waals surface area (Å²) in [4.78, 5) is 2.30. The maximum Gasteiger partial charge on any atom is 0.0642 e. The van der Waals surface area contributed by atoms with Crippen LogP contribution in [0, 0.1) is 0 Å². The third-order valence-electron chi connectivity index (χ3n) is 1.87. The summed E-state index contributed by atoms with van der Waals surface area (Å²) in [6.07, 6.45) is 1.06. The van der Waals surface area contributed by atoms with Crippen LogP contribution in [-0.4, -0.2) is 31.2 Å². The molecule has 58 valence electrons. The Morgan fingerprint density at radius 2 is 2.10 bits per heavy atom. The fourth-order valence-corrected chi connectivity index (χ4v) is 1.10. The maximum atomic E-state index is 5.21. The van der Waals surface area contributed by atoms with Gasteiger partial charge in [-0.1, -0.05) is 13.5 Å². The van der Waals surface area contributed by atoms with Crippen molar-refractivity contribution in [2.45, 2.75) is 13.3 Å². The van der Waals surface area contributed by atoms with Gasteiger partial charge in [-0.25, -0.2) is 0 Å². The van der Waals surface area contributed by atoms with Gasteiger partial charge in [0.2, 0.25) is 0 Å². The molecule has 1 saturated heterocycles. The van der Waals surface area contributed by atoms with Crippen LogP contribution in [0.2, 0.25) is 0 Å². The average Bonchev–Trinajstić information content (AvgIpc) is 2.05. The van der Waals surface area contributed by atoms with Gasteiger partial charge in [0.1, 0.15) is 0 Å². The highest BCUT2D eigenvalue weighted by molar-refractivity contribution is 4.93. The van der Waals surface area contributed by atoms with Crippen molar-refractivity contribution in [1.29, 1.82) is 0 Å². The number of hydrogen-bond acceptors (Lipinski definition) is 2. The summed E-state index contributed by atoms with van der Waals surface area (Å²) in [5, 5.41) is 0. The molecule has 0 aromatic heterocycles. The summed E-state index contributed by atoms with van der Waals surface area (Å²) in [6.45, 7) is 9.87. The zero-order valence-corrected chi connectivity index (χ0v) is 6.60. The molecule has 1 aliphatic rings. The van der Waals surface area contributed by atoms with Crippen molar-refractivity contribution in [2.75, 3.05) is 26.3 Å². The summed E-state index contributed by atoms with van der Waals surface area (Å²) in [6, 6.07) is 0.